The summed E-state index contributed by atoms with van der Waals surface area (Å²) in [6.07, 6.45) is 4.95. The fourth-order valence-corrected chi connectivity index (χ4v) is 1.35. The lowest BCUT2D eigenvalue weighted by Crippen LogP contribution is -2.22. The smallest absolute Gasteiger partial charge is 0.287 e. The van der Waals surface area contributed by atoms with Crippen LogP contribution in [0, 0.1) is 6.92 Å². The SMILES string of the molecule is Cc1ccncc1CNC(=O)c1ccco1. The van der Waals surface area contributed by atoms with Crippen molar-refractivity contribution in [2.75, 3.05) is 0 Å². The number of furan rings is 1. The fraction of sp³-hybridized carbons (Fsp3) is 0.167. The molecule has 0 aliphatic carbocycles. The van der Waals surface area contributed by atoms with Crippen LogP contribution in [0.5, 0.6) is 0 Å². The van der Waals surface area contributed by atoms with Crippen LogP contribution < -0.4 is 5.32 Å². The van der Waals surface area contributed by atoms with Gasteiger partial charge in [0.15, 0.2) is 5.76 Å². The van der Waals surface area contributed by atoms with E-state index in [1.165, 1.54) is 6.26 Å². The lowest BCUT2D eigenvalue weighted by molar-refractivity contribution is 0.0923. The topological polar surface area (TPSA) is 55.1 Å². The standard InChI is InChI=1S/C12H12N2O2/c1-9-4-5-13-7-10(9)8-14-12(15)11-3-2-6-16-11/h2-7H,8H2,1H3,(H,14,15). The number of hydrogen-bond donors (Lipinski definition) is 1. The largest absolute Gasteiger partial charge is 0.459 e. The molecule has 0 saturated heterocycles. The molecule has 2 aromatic rings. The molecule has 0 aromatic carbocycles. The van der Waals surface area contributed by atoms with Crippen molar-refractivity contribution in [1.82, 2.24) is 10.3 Å². The Labute approximate surface area is 93.3 Å². The average molecular weight is 216 g/mol. The van der Waals surface area contributed by atoms with Crippen LogP contribution in [0.4, 0.5) is 0 Å². The molecule has 0 fully saturated rings. The molecule has 4 heteroatoms. The van der Waals surface area contributed by atoms with E-state index in [9.17, 15) is 4.79 Å². The van der Waals surface area contributed by atoms with Crippen molar-refractivity contribution in [3.05, 3.63) is 53.7 Å². The summed E-state index contributed by atoms with van der Waals surface area (Å²) in [5.41, 5.74) is 2.11. The number of carbonyl (C=O) groups excluding carboxylic acids is 1. The summed E-state index contributed by atoms with van der Waals surface area (Å²) in [5.74, 6) is 0.106. The minimum Gasteiger partial charge on any atom is -0.459 e. The van der Waals surface area contributed by atoms with Crippen LogP contribution in [0.1, 0.15) is 21.7 Å². The average Bonchev–Trinajstić information content (AvgIpc) is 2.81. The number of aryl methyl sites for hydroxylation is 1. The molecular formula is C12H12N2O2. The predicted molar refractivity (Wildman–Crippen MR) is 58.9 cm³/mol. The lowest BCUT2D eigenvalue weighted by Gasteiger charge is -2.05. The molecule has 1 N–H and O–H groups in total. The van der Waals surface area contributed by atoms with Gasteiger partial charge in [0, 0.05) is 18.9 Å². The van der Waals surface area contributed by atoms with Gasteiger partial charge in [0.25, 0.3) is 5.91 Å². The van der Waals surface area contributed by atoms with E-state index in [0.29, 0.717) is 12.3 Å². The normalized spacial score (nSPS) is 10.1. The van der Waals surface area contributed by atoms with Gasteiger partial charge in [0.05, 0.1) is 6.26 Å². The van der Waals surface area contributed by atoms with Gasteiger partial charge in [-0.25, -0.2) is 0 Å². The Kier molecular flexibility index (Phi) is 3.00. The monoisotopic (exact) mass is 216 g/mol. The number of pyridine rings is 1. The summed E-state index contributed by atoms with van der Waals surface area (Å²) in [5, 5.41) is 2.77. The van der Waals surface area contributed by atoms with Crippen LogP contribution in [0.3, 0.4) is 0 Å². The summed E-state index contributed by atoms with van der Waals surface area (Å²) >= 11 is 0. The van der Waals surface area contributed by atoms with E-state index in [1.54, 1.807) is 24.5 Å². The second kappa shape index (κ2) is 4.61. The minimum absolute atomic E-state index is 0.215. The highest BCUT2D eigenvalue weighted by molar-refractivity contribution is 5.91. The third kappa shape index (κ3) is 2.28. The van der Waals surface area contributed by atoms with Gasteiger partial charge in [0.2, 0.25) is 0 Å². The molecule has 2 heterocycles. The first-order valence-corrected chi connectivity index (χ1v) is 4.98. The summed E-state index contributed by atoms with van der Waals surface area (Å²) in [6, 6.07) is 5.23. The number of hydrogen-bond acceptors (Lipinski definition) is 3. The highest BCUT2D eigenvalue weighted by Crippen LogP contribution is 2.05. The lowest BCUT2D eigenvalue weighted by atomic mass is 10.1. The first-order valence-electron chi connectivity index (χ1n) is 4.98. The summed E-state index contributed by atoms with van der Waals surface area (Å²) < 4.78 is 4.99. The molecule has 1 amide bonds. The van der Waals surface area contributed by atoms with E-state index in [2.05, 4.69) is 10.3 Å². The predicted octanol–water partition coefficient (Wildman–Crippen LogP) is 1.91. The van der Waals surface area contributed by atoms with Gasteiger partial charge < -0.3 is 9.73 Å². The maximum atomic E-state index is 11.6. The van der Waals surface area contributed by atoms with Crippen LogP contribution in [0.25, 0.3) is 0 Å². The van der Waals surface area contributed by atoms with Crippen molar-refractivity contribution in [1.29, 1.82) is 0 Å². The third-order valence-electron chi connectivity index (χ3n) is 2.33. The van der Waals surface area contributed by atoms with Gasteiger partial charge >= 0.3 is 0 Å². The Morgan fingerprint density at radius 2 is 2.38 bits per heavy atom. The van der Waals surface area contributed by atoms with Crippen molar-refractivity contribution < 1.29 is 9.21 Å². The Hall–Kier alpha value is -2.10. The third-order valence-corrected chi connectivity index (χ3v) is 2.33. The summed E-state index contributed by atoms with van der Waals surface area (Å²) in [6.45, 7) is 2.44. The van der Waals surface area contributed by atoms with Crippen LogP contribution >= 0.6 is 0 Å². The zero-order valence-corrected chi connectivity index (χ0v) is 8.93. The number of amides is 1. The number of rotatable bonds is 3. The van der Waals surface area contributed by atoms with Crippen LogP contribution in [-0.2, 0) is 6.54 Å². The maximum absolute atomic E-state index is 11.6. The Bertz CT molecular complexity index is 478. The zero-order valence-electron chi connectivity index (χ0n) is 8.93. The van der Waals surface area contributed by atoms with Gasteiger partial charge in [-0.05, 0) is 36.2 Å². The second-order valence-corrected chi connectivity index (χ2v) is 3.46. The Balaban J connectivity index is 1.98. The van der Waals surface area contributed by atoms with Crippen molar-refractivity contribution in [2.45, 2.75) is 13.5 Å². The van der Waals surface area contributed by atoms with E-state index in [1.807, 2.05) is 13.0 Å². The molecule has 4 nitrogen and oxygen atoms in total. The van der Waals surface area contributed by atoms with E-state index in [4.69, 9.17) is 4.42 Å². The van der Waals surface area contributed by atoms with Crippen molar-refractivity contribution >= 4 is 5.91 Å². The molecule has 0 unspecified atom stereocenters. The highest BCUT2D eigenvalue weighted by atomic mass is 16.3. The van der Waals surface area contributed by atoms with Crippen molar-refractivity contribution in [3.8, 4) is 0 Å². The zero-order chi connectivity index (χ0) is 11.4. The molecule has 0 bridgehead atoms. The van der Waals surface area contributed by atoms with E-state index < -0.39 is 0 Å². The van der Waals surface area contributed by atoms with Gasteiger partial charge in [-0.2, -0.15) is 0 Å². The van der Waals surface area contributed by atoms with Gasteiger partial charge in [-0.15, -0.1) is 0 Å². The number of nitrogens with one attached hydrogen (secondary N) is 1. The molecule has 0 aliphatic heterocycles. The Morgan fingerprint density at radius 3 is 3.06 bits per heavy atom. The van der Waals surface area contributed by atoms with Gasteiger partial charge in [-0.1, -0.05) is 0 Å². The molecule has 16 heavy (non-hydrogen) atoms. The quantitative estimate of drug-likeness (QED) is 0.852. The minimum atomic E-state index is -0.215. The van der Waals surface area contributed by atoms with Crippen LogP contribution in [-0.4, -0.2) is 10.9 Å². The van der Waals surface area contributed by atoms with Crippen molar-refractivity contribution in [2.24, 2.45) is 0 Å². The number of aromatic nitrogens is 1. The van der Waals surface area contributed by atoms with Crippen LogP contribution in [0.15, 0.2) is 41.3 Å². The van der Waals surface area contributed by atoms with Crippen LogP contribution in [0.2, 0.25) is 0 Å². The number of carbonyl (C=O) groups is 1. The highest BCUT2D eigenvalue weighted by Gasteiger charge is 2.07. The summed E-state index contributed by atoms with van der Waals surface area (Å²) in [4.78, 5) is 15.6. The molecule has 2 aromatic heterocycles. The molecule has 2 rings (SSSR count). The first kappa shape index (κ1) is 10.4. The van der Waals surface area contributed by atoms with E-state index in [-0.39, 0.29) is 5.91 Å². The summed E-state index contributed by atoms with van der Waals surface area (Å²) in [7, 11) is 0. The maximum Gasteiger partial charge on any atom is 0.287 e. The van der Waals surface area contributed by atoms with Crippen molar-refractivity contribution in [3.63, 3.8) is 0 Å². The molecule has 0 spiro atoms. The Morgan fingerprint density at radius 1 is 1.50 bits per heavy atom. The molecule has 82 valence electrons. The van der Waals surface area contributed by atoms with Gasteiger partial charge in [-0.3, -0.25) is 9.78 Å². The fourth-order valence-electron chi connectivity index (χ4n) is 1.35. The molecule has 0 saturated carbocycles. The van der Waals surface area contributed by atoms with E-state index in [0.717, 1.165) is 11.1 Å². The second-order valence-electron chi connectivity index (χ2n) is 3.46. The first-order chi connectivity index (χ1) is 7.77. The number of nitrogens with zero attached hydrogens (tertiary/aromatic N) is 1. The molecular weight excluding hydrogens is 204 g/mol. The molecule has 0 aliphatic rings. The van der Waals surface area contributed by atoms with E-state index >= 15 is 0 Å². The molecule has 0 radical (unpaired) electrons. The molecule has 0 atom stereocenters. The van der Waals surface area contributed by atoms with Gasteiger partial charge in [0.1, 0.15) is 0 Å².